The first kappa shape index (κ1) is 7.50. The van der Waals surface area contributed by atoms with Gasteiger partial charge in [-0.15, -0.1) is 0 Å². The fourth-order valence-electron chi connectivity index (χ4n) is 0.455. The Morgan fingerprint density at radius 2 is 1.88 bits per heavy atom. The van der Waals surface area contributed by atoms with Crippen molar-refractivity contribution in [1.29, 1.82) is 0 Å². The molecule has 0 aliphatic carbocycles. The molecule has 0 aliphatic heterocycles. The van der Waals surface area contributed by atoms with Crippen LogP contribution in [0.2, 0.25) is 0 Å². The van der Waals surface area contributed by atoms with Crippen molar-refractivity contribution < 1.29 is 5.11 Å². The fourth-order valence-corrected chi connectivity index (χ4v) is 0.455. The lowest BCUT2D eigenvalue weighted by Crippen LogP contribution is -2.18. The summed E-state index contributed by atoms with van der Waals surface area (Å²) in [6.45, 7) is 5.42. The number of hydrogen-bond acceptors (Lipinski definition) is 2. The van der Waals surface area contributed by atoms with Gasteiger partial charge in [0.15, 0.2) is 0 Å². The zero-order valence-corrected chi connectivity index (χ0v) is 5.60. The number of aliphatic hydroxyl groups is 1. The van der Waals surface area contributed by atoms with Gasteiger partial charge in [-0.1, -0.05) is 0 Å². The van der Waals surface area contributed by atoms with Crippen molar-refractivity contribution in [2.75, 3.05) is 0 Å². The number of rotatable bonds is 1. The van der Waals surface area contributed by atoms with E-state index in [0.29, 0.717) is 5.76 Å². The summed E-state index contributed by atoms with van der Waals surface area (Å²) in [5.74, 6) is 0.296. The third-order valence-corrected chi connectivity index (χ3v) is 0.944. The molecule has 2 heteroatoms. The van der Waals surface area contributed by atoms with Gasteiger partial charge < -0.3 is 10.8 Å². The van der Waals surface area contributed by atoms with Crippen LogP contribution in [0.25, 0.3) is 0 Å². The van der Waals surface area contributed by atoms with E-state index in [2.05, 4.69) is 0 Å². The summed E-state index contributed by atoms with van der Waals surface area (Å²) in [4.78, 5) is 0. The molecule has 2 nitrogen and oxygen atoms in total. The Kier molecular flexibility index (Phi) is 2.55. The van der Waals surface area contributed by atoms with Crippen LogP contribution in [0.5, 0.6) is 0 Å². The van der Waals surface area contributed by atoms with E-state index in [1.165, 1.54) is 0 Å². The first-order chi connectivity index (χ1) is 3.55. The van der Waals surface area contributed by atoms with Gasteiger partial charge in [0.05, 0.1) is 6.04 Å². The molecule has 0 spiro atoms. The van der Waals surface area contributed by atoms with Crippen molar-refractivity contribution >= 4 is 0 Å². The zero-order chi connectivity index (χ0) is 6.73. The number of allylic oxidation sites excluding steroid dienone is 1. The van der Waals surface area contributed by atoms with Gasteiger partial charge >= 0.3 is 0 Å². The maximum atomic E-state index is 8.96. The van der Waals surface area contributed by atoms with Gasteiger partial charge in [0.25, 0.3) is 0 Å². The highest BCUT2D eigenvalue weighted by Crippen LogP contribution is 2.00. The molecule has 0 saturated carbocycles. The molecule has 0 bridgehead atoms. The van der Waals surface area contributed by atoms with E-state index in [1.54, 1.807) is 6.92 Å². The van der Waals surface area contributed by atoms with E-state index >= 15 is 0 Å². The predicted octanol–water partition coefficient (Wildman–Crippen LogP) is 1.19. The van der Waals surface area contributed by atoms with Crippen molar-refractivity contribution in [3.05, 3.63) is 11.3 Å². The van der Waals surface area contributed by atoms with Gasteiger partial charge in [-0.2, -0.15) is 0 Å². The number of aliphatic hydroxyl groups excluding tert-OH is 1. The Hall–Kier alpha value is -0.500. The molecule has 0 saturated heterocycles. The smallest absolute Gasteiger partial charge is 0.107 e. The van der Waals surface area contributed by atoms with Crippen molar-refractivity contribution in [3.63, 3.8) is 0 Å². The van der Waals surface area contributed by atoms with Crippen LogP contribution in [0.15, 0.2) is 11.3 Å². The standard InChI is InChI=1S/C6H13NO/c1-4(2)6(8)5(3)7/h5,8H,7H2,1-3H3/t5-/m0/s1. The molecule has 0 fully saturated rings. The molecule has 0 amide bonds. The molecular weight excluding hydrogens is 102 g/mol. The molecule has 48 valence electrons. The highest BCUT2D eigenvalue weighted by Gasteiger charge is 1.99. The predicted molar refractivity (Wildman–Crippen MR) is 34.7 cm³/mol. The minimum atomic E-state index is -0.222. The lowest BCUT2D eigenvalue weighted by Gasteiger charge is -2.04. The Labute approximate surface area is 50.0 Å². The normalized spacial score (nSPS) is 13.0. The summed E-state index contributed by atoms with van der Waals surface area (Å²) in [5, 5.41) is 8.96. The molecule has 0 aromatic carbocycles. The monoisotopic (exact) mass is 115 g/mol. The summed E-state index contributed by atoms with van der Waals surface area (Å²) < 4.78 is 0. The molecule has 0 aliphatic rings. The second-order valence-corrected chi connectivity index (χ2v) is 2.17. The van der Waals surface area contributed by atoms with Crippen LogP contribution in [0.1, 0.15) is 20.8 Å². The van der Waals surface area contributed by atoms with Crippen LogP contribution in [0.3, 0.4) is 0 Å². The van der Waals surface area contributed by atoms with Gasteiger partial charge in [-0.05, 0) is 26.3 Å². The van der Waals surface area contributed by atoms with Gasteiger partial charge in [0.1, 0.15) is 5.76 Å². The van der Waals surface area contributed by atoms with Gasteiger partial charge in [-0.25, -0.2) is 0 Å². The van der Waals surface area contributed by atoms with E-state index in [0.717, 1.165) is 5.57 Å². The van der Waals surface area contributed by atoms with Gasteiger partial charge in [0, 0.05) is 0 Å². The van der Waals surface area contributed by atoms with Crippen LogP contribution < -0.4 is 5.73 Å². The fraction of sp³-hybridized carbons (Fsp3) is 0.667. The lowest BCUT2D eigenvalue weighted by atomic mass is 10.2. The molecule has 8 heavy (non-hydrogen) atoms. The lowest BCUT2D eigenvalue weighted by molar-refractivity contribution is 0.367. The summed E-state index contributed by atoms with van der Waals surface area (Å²) in [7, 11) is 0. The summed E-state index contributed by atoms with van der Waals surface area (Å²) >= 11 is 0. The Morgan fingerprint density at radius 3 is 1.88 bits per heavy atom. The largest absolute Gasteiger partial charge is 0.511 e. The van der Waals surface area contributed by atoms with Gasteiger partial charge in [-0.3, -0.25) is 0 Å². The van der Waals surface area contributed by atoms with E-state index in [1.807, 2.05) is 13.8 Å². The van der Waals surface area contributed by atoms with Crippen molar-refractivity contribution in [2.24, 2.45) is 5.73 Å². The SMILES string of the molecule is CC(C)=C(O)[C@H](C)N. The number of hydrogen-bond donors (Lipinski definition) is 2. The van der Waals surface area contributed by atoms with Crippen molar-refractivity contribution in [1.82, 2.24) is 0 Å². The van der Waals surface area contributed by atoms with Crippen molar-refractivity contribution in [2.45, 2.75) is 26.8 Å². The molecule has 0 aromatic heterocycles. The highest BCUT2D eigenvalue weighted by atomic mass is 16.3. The average Bonchev–Trinajstić information content (AvgIpc) is 1.64. The number of nitrogens with two attached hydrogens (primary N) is 1. The third kappa shape index (κ3) is 1.98. The molecule has 0 heterocycles. The molecule has 1 atom stereocenters. The maximum absolute atomic E-state index is 8.96. The Bertz CT molecular complexity index is 101. The summed E-state index contributed by atoms with van der Waals surface area (Å²) in [5.41, 5.74) is 6.22. The molecule has 0 aromatic rings. The van der Waals surface area contributed by atoms with Gasteiger partial charge in [0.2, 0.25) is 0 Å². The third-order valence-electron chi connectivity index (χ3n) is 0.944. The minimum absolute atomic E-state index is 0.222. The molecule has 0 radical (unpaired) electrons. The molecule has 0 unspecified atom stereocenters. The van der Waals surface area contributed by atoms with Crippen LogP contribution in [-0.4, -0.2) is 11.1 Å². The van der Waals surface area contributed by atoms with E-state index in [-0.39, 0.29) is 6.04 Å². The Morgan fingerprint density at radius 1 is 1.50 bits per heavy atom. The van der Waals surface area contributed by atoms with Crippen LogP contribution in [-0.2, 0) is 0 Å². The summed E-state index contributed by atoms with van der Waals surface area (Å²) in [6, 6.07) is -0.222. The Balaban J connectivity index is 4.00. The van der Waals surface area contributed by atoms with E-state index < -0.39 is 0 Å². The van der Waals surface area contributed by atoms with E-state index in [9.17, 15) is 0 Å². The minimum Gasteiger partial charge on any atom is -0.511 e. The quantitative estimate of drug-likeness (QED) is 0.504. The second-order valence-electron chi connectivity index (χ2n) is 2.17. The maximum Gasteiger partial charge on any atom is 0.107 e. The van der Waals surface area contributed by atoms with Crippen LogP contribution >= 0.6 is 0 Å². The topological polar surface area (TPSA) is 46.2 Å². The van der Waals surface area contributed by atoms with Crippen LogP contribution in [0.4, 0.5) is 0 Å². The van der Waals surface area contributed by atoms with Crippen LogP contribution in [0, 0.1) is 0 Å². The molecule has 3 N–H and O–H groups in total. The first-order valence-electron chi connectivity index (χ1n) is 2.67. The van der Waals surface area contributed by atoms with Crippen molar-refractivity contribution in [3.8, 4) is 0 Å². The zero-order valence-electron chi connectivity index (χ0n) is 5.60. The average molecular weight is 115 g/mol. The molecular formula is C6H13NO. The molecule has 0 rings (SSSR count). The first-order valence-corrected chi connectivity index (χ1v) is 2.67. The summed E-state index contributed by atoms with van der Waals surface area (Å²) in [6.07, 6.45) is 0. The van der Waals surface area contributed by atoms with E-state index in [4.69, 9.17) is 10.8 Å². The highest BCUT2D eigenvalue weighted by molar-refractivity contribution is 5.05. The second kappa shape index (κ2) is 2.72.